The molecule has 4 heteroatoms. The summed E-state index contributed by atoms with van der Waals surface area (Å²) in [5, 5.41) is 6.16. The minimum atomic E-state index is -0.0440. The summed E-state index contributed by atoms with van der Waals surface area (Å²) in [5.74, 6) is 0.0524. The van der Waals surface area contributed by atoms with Gasteiger partial charge in [-0.2, -0.15) is 0 Å². The van der Waals surface area contributed by atoms with Gasteiger partial charge in [0.15, 0.2) is 0 Å². The molecule has 0 radical (unpaired) electrons. The van der Waals surface area contributed by atoms with Gasteiger partial charge in [-0.05, 0) is 32.5 Å². The van der Waals surface area contributed by atoms with E-state index in [4.69, 9.17) is 0 Å². The minimum Gasteiger partial charge on any atom is -0.348 e. The van der Waals surface area contributed by atoms with Crippen LogP contribution in [-0.2, 0) is 4.79 Å². The number of aromatic nitrogens is 1. The van der Waals surface area contributed by atoms with Gasteiger partial charge in [-0.25, -0.2) is 0 Å². The second-order valence-electron chi connectivity index (χ2n) is 4.21. The third kappa shape index (κ3) is 4.95. The van der Waals surface area contributed by atoms with E-state index in [0.717, 1.165) is 12.2 Å². The summed E-state index contributed by atoms with van der Waals surface area (Å²) in [5.41, 5.74) is 0.886. The predicted octanol–water partition coefficient (Wildman–Crippen LogP) is 1.65. The van der Waals surface area contributed by atoms with E-state index < -0.39 is 0 Å². The van der Waals surface area contributed by atoms with Crippen molar-refractivity contribution >= 4 is 5.91 Å². The quantitative estimate of drug-likeness (QED) is 0.788. The number of carbonyl (C=O) groups is 1. The number of pyridine rings is 1. The lowest BCUT2D eigenvalue weighted by Crippen LogP contribution is -2.34. The number of rotatable bonds is 6. The molecule has 1 heterocycles. The molecule has 0 saturated heterocycles. The summed E-state index contributed by atoms with van der Waals surface area (Å²) in [7, 11) is 0. The Labute approximate surface area is 103 Å². The van der Waals surface area contributed by atoms with Gasteiger partial charge in [0.1, 0.15) is 0 Å². The Morgan fingerprint density at radius 1 is 1.41 bits per heavy atom. The largest absolute Gasteiger partial charge is 0.348 e. The summed E-state index contributed by atoms with van der Waals surface area (Å²) in [6.07, 6.45) is 2.23. The van der Waals surface area contributed by atoms with Crippen molar-refractivity contribution in [3.8, 4) is 0 Å². The topological polar surface area (TPSA) is 54.0 Å². The molecule has 2 atom stereocenters. The number of carbonyl (C=O) groups excluding carboxylic acids is 1. The highest BCUT2D eigenvalue weighted by molar-refractivity contribution is 5.76. The third-order valence-corrected chi connectivity index (χ3v) is 2.55. The highest BCUT2D eigenvalue weighted by Gasteiger charge is 2.12. The third-order valence-electron chi connectivity index (χ3n) is 2.55. The maximum atomic E-state index is 11.7. The van der Waals surface area contributed by atoms with Crippen molar-refractivity contribution in [3.63, 3.8) is 0 Å². The normalized spacial score (nSPS) is 14.1. The zero-order valence-electron chi connectivity index (χ0n) is 10.7. The first-order valence-corrected chi connectivity index (χ1v) is 6.07. The molecule has 0 fully saturated rings. The van der Waals surface area contributed by atoms with Gasteiger partial charge in [0.2, 0.25) is 5.91 Å². The maximum absolute atomic E-state index is 11.7. The first-order chi connectivity index (χ1) is 8.13. The van der Waals surface area contributed by atoms with Crippen LogP contribution in [0.5, 0.6) is 0 Å². The average molecular weight is 235 g/mol. The molecule has 17 heavy (non-hydrogen) atoms. The van der Waals surface area contributed by atoms with E-state index in [1.165, 1.54) is 0 Å². The Kier molecular flexibility index (Phi) is 5.63. The second kappa shape index (κ2) is 7.01. The van der Waals surface area contributed by atoms with Crippen LogP contribution in [0.4, 0.5) is 0 Å². The fourth-order valence-electron chi connectivity index (χ4n) is 1.71. The van der Waals surface area contributed by atoms with E-state index >= 15 is 0 Å². The van der Waals surface area contributed by atoms with Crippen LogP contribution in [0.2, 0.25) is 0 Å². The molecule has 1 rings (SSSR count). The molecule has 94 valence electrons. The molecule has 2 N–H and O–H groups in total. The second-order valence-corrected chi connectivity index (χ2v) is 4.21. The summed E-state index contributed by atoms with van der Waals surface area (Å²) in [4.78, 5) is 15.9. The fraction of sp³-hybridized carbons (Fsp3) is 0.538. The van der Waals surface area contributed by atoms with Crippen molar-refractivity contribution < 1.29 is 4.79 Å². The van der Waals surface area contributed by atoms with E-state index in [9.17, 15) is 4.79 Å². The summed E-state index contributed by atoms with van der Waals surface area (Å²) in [6, 6.07) is 5.87. The molecule has 1 amide bonds. The highest BCUT2D eigenvalue weighted by Crippen LogP contribution is 2.08. The Hall–Kier alpha value is -1.42. The van der Waals surface area contributed by atoms with Crippen LogP contribution in [0, 0.1) is 0 Å². The van der Waals surface area contributed by atoms with Crippen molar-refractivity contribution in [2.24, 2.45) is 0 Å². The standard InChI is InChI=1S/C13H21N3O/c1-4-14-10(2)9-13(17)16-11(3)12-7-5-6-8-15-12/h5-8,10-11,14H,4,9H2,1-3H3,(H,16,17). The molecule has 1 aromatic rings. The van der Waals surface area contributed by atoms with Gasteiger partial charge >= 0.3 is 0 Å². The van der Waals surface area contributed by atoms with Crippen LogP contribution in [0.15, 0.2) is 24.4 Å². The van der Waals surface area contributed by atoms with Crippen LogP contribution < -0.4 is 10.6 Å². The van der Waals surface area contributed by atoms with E-state index in [2.05, 4.69) is 15.6 Å². The van der Waals surface area contributed by atoms with Crippen LogP contribution >= 0.6 is 0 Å². The zero-order chi connectivity index (χ0) is 12.7. The molecule has 1 aromatic heterocycles. The molecule has 0 spiro atoms. The first-order valence-electron chi connectivity index (χ1n) is 6.07. The molecule has 4 nitrogen and oxygen atoms in total. The summed E-state index contributed by atoms with van der Waals surface area (Å²) < 4.78 is 0. The molecule has 0 saturated carbocycles. The van der Waals surface area contributed by atoms with Crippen molar-refractivity contribution in [1.82, 2.24) is 15.6 Å². The maximum Gasteiger partial charge on any atom is 0.222 e. The first kappa shape index (κ1) is 13.6. The van der Waals surface area contributed by atoms with E-state index in [1.807, 2.05) is 39.0 Å². The number of amides is 1. The molecule has 0 bridgehead atoms. The molecular formula is C13H21N3O. The van der Waals surface area contributed by atoms with Gasteiger partial charge in [-0.1, -0.05) is 13.0 Å². The molecule has 0 aliphatic carbocycles. The van der Waals surface area contributed by atoms with Gasteiger partial charge in [-0.3, -0.25) is 9.78 Å². The molecule has 2 unspecified atom stereocenters. The Morgan fingerprint density at radius 3 is 2.76 bits per heavy atom. The smallest absolute Gasteiger partial charge is 0.222 e. The van der Waals surface area contributed by atoms with Crippen molar-refractivity contribution in [3.05, 3.63) is 30.1 Å². The SMILES string of the molecule is CCNC(C)CC(=O)NC(C)c1ccccn1. The summed E-state index contributed by atoms with van der Waals surface area (Å²) in [6.45, 7) is 6.86. The Bertz CT molecular complexity index is 340. The van der Waals surface area contributed by atoms with Gasteiger partial charge < -0.3 is 10.6 Å². The predicted molar refractivity (Wildman–Crippen MR) is 68.6 cm³/mol. The number of hydrogen-bond donors (Lipinski definition) is 2. The minimum absolute atomic E-state index is 0.0440. The van der Waals surface area contributed by atoms with E-state index in [0.29, 0.717) is 6.42 Å². The van der Waals surface area contributed by atoms with E-state index in [-0.39, 0.29) is 18.0 Å². The lowest BCUT2D eigenvalue weighted by Gasteiger charge is -2.16. The van der Waals surface area contributed by atoms with Crippen LogP contribution in [0.3, 0.4) is 0 Å². The molecular weight excluding hydrogens is 214 g/mol. The highest BCUT2D eigenvalue weighted by atomic mass is 16.1. The summed E-state index contributed by atoms with van der Waals surface area (Å²) >= 11 is 0. The van der Waals surface area contributed by atoms with Crippen LogP contribution in [0.25, 0.3) is 0 Å². The fourth-order valence-corrected chi connectivity index (χ4v) is 1.71. The monoisotopic (exact) mass is 235 g/mol. The van der Waals surface area contributed by atoms with Crippen LogP contribution in [-0.4, -0.2) is 23.5 Å². The van der Waals surface area contributed by atoms with Crippen molar-refractivity contribution in [2.45, 2.75) is 39.3 Å². The lowest BCUT2D eigenvalue weighted by atomic mass is 10.2. The number of nitrogens with zero attached hydrogens (tertiary/aromatic N) is 1. The van der Waals surface area contributed by atoms with Gasteiger partial charge in [0, 0.05) is 18.7 Å². The van der Waals surface area contributed by atoms with Gasteiger partial charge in [0.25, 0.3) is 0 Å². The molecule has 0 aliphatic rings. The zero-order valence-corrected chi connectivity index (χ0v) is 10.7. The Balaban J connectivity index is 2.41. The number of nitrogens with one attached hydrogen (secondary N) is 2. The Morgan fingerprint density at radius 2 is 2.18 bits per heavy atom. The van der Waals surface area contributed by atoms with Gasteiger partial charge in [-0.15, -0.1) is 0 Å². The number of hydrogen-bond acceptors (Lipinski definition) is 3. The average Bonchev–Trinajstić information content (AvgIpc) is 2.30. The van der Waals surface area contributed by atoms with Crippen molar-refractivity contribution in [1.29, 1.82) is 0 Å². The van der Waals surface area contributed by atoms with Crippen molar-refractivity contribution in [2.75, 3.05) is 6.54 Å². The molecule has 0 aliphatic heterocycles. The van der Waals surface area contributed by atoms with E-state index in [1.54, 1.807) is 6.20 Å². The van der Waals surface area contributed by atoms with Gasteiger partial charge in [0.05, 0.1) is 11.7 Å². The molecule has 0 aromatic carbocycles. The van der Waals surface area contributed by atoms with Crippen LogP contribution in [0.1, 0.15) is 38.9 Å². The lowest BCUT2D eigenvalue weighted by molar-refractivity contribution is -0.122.